The largest absolute Gasteiger partial charge is 0.471 e. The van der Waals surface area contributed by atoms with Crippen LogP contribution in [0.2, 0.25) is 0 Å². The zero-order chi connectivity index (χ0) is 18.1. The van der Waals surface area contributed by atoms with E-state index in [-0.39, 0.29) is 0 Å². The molecule has 2 heterocycles. The number of nitrogens with one attached hydrogen (secondary N) is 1. The van der Waals surface area contributed by atoms with Crippen molar-refractivity contribution in [3.8, 4) is 5.88 Å². The van der Waals surface area contributed by atoms with Crippen LogP contribution < -0.4 is 15.0 Å². The molecular formula is C18H24N4O4. The first-order valence-corrected chi connectivity index (χ1v) is 8.95. The normalized spacial score (nSPS) is 29.3. The fraction of sp³-hybridized carbons (Fsp3) is 0.556. The number of aromatic nitrogens is 2. The molecule has 8 nitrogen and oxygen atoms in total. The van der Waals surface area contributed by atoms with E-state index in [0.717, 1.165) is 37.1 Å². The third-order valence-electron chi connectivity index (χ3n) is 5.10. The van der Waals surface area contributed by atoms with E-state index in [1.165, 1.54) is 7.11 Å². The average molecular weight is 360 g/mol. The van der Waals surface area contributed by atoms with Gasteiger partial charge >= 0.3 is 0 Å². The van der Waals surface area contributed by atoms with Crippen LogP contribution in [0.15, 0.2) is 24.3 Å². The summed E-state index contributed by atoms with van der Waals surface area (Å²) in [5.74, 6) is 1.05. The Kier molecular flexibility index (Phi) is 4.90. The molecule has 26 heavy (non-hydrogen) atoms. The molecular weight excluding hydrogens is 336 g/mol. The van der Waals surface area contributed by atoms with Crippen molar-refractivity contribution in [2.45, 2.75) is 30.8 Å². The number of aliphatic hydroxyl groups is 2. The van der Waals surface area contributed by atoms with E-state index in [9.17, 15) is 10.2 Å². The highest BCUT2D eigenvalue weighted by Crippen LogP contribution is 2.31. The molecule has 1 aliphatic heterocycles. The molecule has 0 radical (unpaired) electrons. The summed E-state index contributed by atoms with van der Waals surface area (Å²) in [5.41, 5.74) is 0.794. The first-order valence-electron chi connectivity index (χ1n) is 8.95. The Morgan fingerprint density at radius 3 is 2.54 bits per heavy atom. The van der Waals surface area contributed by atoms with E-state index in [0.29, 0.717) is 18.2 Å². The Hall–Kier alpha value is -2.00. The lowest BCUT2D eigenvalue weighted by molar-refractivity contribution is -0.0483. The van der Waals surface area contributed by atoms with Crippen molar-refractivity contribution in [2.24, 2.45) is 0 Å². The van der Waals surface area contributed by atoms with Gasteiger partial charge in [0.1, 0.15) is 18.3 Å². The van der Waals surface area contributed by atoms with Crippen LogP contribution in [0.5, 0.6) is 5.88 Å². The van der Waals surface area contributed by atoms with Crippen molar-refractivity contribution in [3.05, 3.63) is 24.3 Å². The van der Waals surface area contributed by atoms with Crippen molar-refractivity contribution in [1.29, 1.82) is 0 Å². The summed E-state index contributed by atoms with van der Waals surface area (Å²) < 4.78 is 11.3. The summed E-state index contributed by atoms with van der Waals surface area (Å²) in [7, 11) is 1.52. The van der Waals surface area contributed by atoms with Crippen molar-refractivity contribution in [2.75, 3.05) is 38.2 Å². The zero-order valence-corrected chi connectivity index (χ0v) is 14.7. The van der Waals surface area contributed by atoms with E-state index in [1.807, 2.05) is 24.3 Å². The van der Waals surface area contributed by atoms with Gasteiger partial charge in [-0.2, -0.15) is 4.98 Å². The molecule has 4 atom stereocenters. The molecule has 0 bridgehead atoms. The maximum Gasteiger partial charge on any atom is 0.229 e. The van der Waals surface area contributed by atoms with Crippen LogP contribution in [-0.4, -0.2) is 77.9 Å². The summed E-state index contributed by atoms with van der Waals surface area (Å²) >= 11 is 0. The molecule has 1 saturated heterocycles. The highest BCUT2D eigenvalue weighted by Gasteiger charge is 2.43. The molecule has 2 aliphatic rings. The van der Waals surface area contributed by atoms with Crippen LogP contribution in [0.3, 0.4) is 0 Å². The van der Waals surface area contributed by atoms with Crippen LogP contribution in [0.1, 0.15) is 6.42 Å². The molecule has 8 heteroatoms. The summed E-state index contributed by atoms with van der Waals surface area (Å²) in [5, 5.41) is 24.5. The lowest BCUT2D eigenvalue weighted by Gasteiger charge is -2.28. The van der Waals surface area contributed by atoms with Gasteiger partial charge in [0.05, 0.1) is 17.0 Å². The fourth-order valence-electron chi connectivity index (χ4n) is 3.58. The Morgan fingerprint density at radius 1 is 1.08 bits per heavy atom. The van der Waals surface area contributed by atoms with Crippen molar-refractivity contribution in [3.63, 3.8) is 0 Å². The number of hydrogen-bond donors (Lipinski definition) is 3. The van der Waals surface area contributed by atoms with Gasteiger partial charge in [-0.1, -0.05) is 12.1 Å². The number of rotatable bonds is 4. The number of piperazine rings is 1. The molecule has 140 valence electrons. The average Bonchev–Trinajstić information content (AvgIpc) is 2.96. The molecule has 0 spiro atoms. The monoisotopic (exact) mass is 360 g/mol. The van der Waals surface area contributed by atoms with Crippen LogP contribution in [-0.2, 0) is 4.74 Å². The number of nitrogens with zero attached hydrogens (tertiary/aromatic N) is 3. The number of aliphatic hydroxyl groups excluding tert-OH is 2. The van der Waals surface area contributed by atoms with Gasteiger partial charge in [-0.3, -0.25) is 0 Å². The molecule has 2 fully saturated rings. The number of anilines is 1. The number of para-hydroxylation sites is 1. The van der Waals surface area contributed by atoms with Gasteiger partial charge < -0.3 is 29.9 Å². The Bertz CT molecular complexity index is 768. The predicted octanol–water partition coefficient (Wildman–Crippen LogP) is -0.0727. The molecule has 1 aliphatic carbocycles. The number of fused-ring (bicyclic) bond motifs is 1. The SMILES string of the molecule is CO[C@@H]1C[C@H](Oc2nc(N3CCNCC3)nc3ccccc23)[C@H](O)[C@H]1O. The van der Waals surface area contributed by atoms with Crippen LogP contribution in [0.4, 0.5) is 5.95 Å². The van der Waals surface area contributed by atoms with Crippen LogP contribution >= 0.6 is 0 Å². The van der Waals surface area contributed by atoms with Gasteiger partial charge in [0, 0.05) is 39.7 Å². The van der Waals surface area contributed by atoms with Gasteiger partial charge in [-0.25, -0.2) is 4.98 Å². The lowest BCUT2D eigenvalue weighted by atomic mass is 10.2. The second kappa shape index (κ2) is 7.32. The first-order chi connectivity index (χ1) is 12.7. The third kappa shape index (κ3) is 3.21. The maximum absolute atomic E-state index is 10.3. The maximum atomic E-state index is 10.3. The molecule has 1 aromatic carbocycles. The van der Waals surface area contributed by atoms with E-state index in [2.05, 4.69) is 20.2 Å². The van der Waals surface area contributed by atoms with E-state index in [1.54, 1.807) is 0 Å². The fourth-order valence-corrected chi connectivity index (χ4v) is 3.58. The van der Waals surface area contributed by atoms with Crippen molar-refractivity contribution in [1.82, 2.24) is 15.3 Å². The molecule has 2 aromatic rings. The van der Waals surface area contributed by atoms with Gasteiger partial charge in [0.15, 0.2) is 0 Å². The predicted molar refractivity (Wildman–Crippen MR) is 96.5 cm³/mol. The lowest BCUT2D eigenvalue weighted by Crippen LogP contribution is -2.44. The van der Waals surface area contributed by atoms with Crippen molar-refractivity contribution < 1.29 is 19.7 Å². The molecule has 1 saturated carbocycles. The van der Waals surface area contributed by atoms with Crippen LogP contribution in [0.25, 0.3) is 10.9 Å². The Morgan fingerprint density at radius 2 is 1.81 bits per heavy atom. The molecule has 0 amide bonds. The second-order valence-corrected chi connectivity index (χ2v) is 6.73. The smallest absolute Gasteiger partial charge is 0.229 e. The summed E-state index contributed by atoms with van der Waals surface area (Å²) in [4.78, 5) is 11.4. The van der Waals surface area contributed by atoms with E-state index >= 15 is 0 Å². The van der Waals surface area contributed by atoms with Gasteiger partial charge in [0.2, 0.25) is 11.8 Å². The minimum Gasteiger partial charge on any atom is -0.471 e. The standard InChI is InChI=1S/C18H24N4O4/c1-25-13-10-14(16(24)15(13)23)26-17-11-4-2-3-5-12(11)20-18(21-17)22-8-6-19-7-9-22/h2-5,13-16,19,23-24H,6-10H2,1H3/t13-,14+,15+,16+/m1/s1. The summed E-state index contributed by atoms with van der Waals surface area (Å²) in [6, 6.07) is 7.65. The number of methoxy groups -OCH3 is 1. The number of benzene rings is 1. The molecule has 1 aromatic heterocycles. The highest BCUT2D eigenvalue weighted by atomic mass is 16.5. The summed E-state index contributed by atoms with van der Waals surface area (Å²) in [6.07, 6.45) is -2.61. The molecule has 3 N–H and O–H groups in total. The quantitative estimate of drug-likeness (QED) is 0.697. The van der Waals surface area contributed by atoms with Gasteiger partial charge in [-0.05, 0) is 12.1 Å². The Labute approximate surface area is 151 Å². The second-order valence-electron chi connectivity index (χ2n) is 6.73. The highest BCUT2D eigenvalue weighted by molar-refractivity contribution is 5.84. The van der Waals surface area contributed by atoms with Crippen LogP contribution in [0, 0.1) is 0 Å². The Balaban J connectivity index is 1.67. The minimum atomic E-state index is -1.02. The minimum absolute atomic E-state index is 0.403. The molecule has 0 unspecified atom stereocenters. The topological polar surface area (TPSA) is 100.0 Å². The van der Waals surface area contributed by atoms with E-state index < -0.39 is 24.4 Å². The third-order valence-corrected chi connectivity index (χ3v) is 5.10. The number of hydrogen-bond acceptors (Lipinski definition) is 8. The van der Waals surface area contributed by atoms with Gasteiger partial charge in [-0.15, -0.1) is 0 Å². The van der Waals surface area contributed by atoms with E-state index in [4.69, 9.17) is 9.47 Å². The molecule has 4 rings (SSSR count). The number of ether oxygens (including phenoxy) is 2. The summed E-state index contributed by atoms with van der Waals surface area (Å²) in [6.45, 7) is 3.42. The zero-order valence-electron chi connectivity index (χ0n) is 14.7. The van der Waals surface area contributed by atoms with Gasteiger partial charge in [0.25, 0.3) is 0 Å². The van der Waals surface area contributed by atoms with Crippen molar-refractivity contribution >= 4 is 16.9 Å². The first kappa shape index (κ1) is 17.4.